The van der Waals surface area contributed by atoms with Gasteiger partial charge in [0.1, 0.15) is 5.82 Å². The Morgan fingerprint density at radius 3 is 2.59 bits per heavy atom. The van der Waals surface area contributed by atoms with Gasteiger partial charge in [0.05, 0.1) is 17.1 Å². The van der Waals surface area contributed by atoms with Gasteiger partial charge in [-0.05, 0) is 51.5 Å². The van der Waals surface area contributed by atoms with Gasteiger partial charge in [0.25, 0.3) is 5.95 Å². The number of nitrogens with zero attached hydrogens (tertiary/aromatic N) is 6. The molecule has 3 aromatic heterocycles. The minimum atomic E-state index is -0.183. The molecule has 0 unspecified atom stereocenters. The lowest BCUT2D eigenvalue weighted by Gasteiger charge is -2.12. The number of carbonyl (C=O) groups excluding carboxylic acids is 1. The molecule has 8 nitrogen and oxygen atoms in total. The summed E-state index contributed by atoms with van der Waals surface area (Å²) >= 11 is 7.60. The molecule has 0 bridgehead atoms. The van der Waals surface area contributed by atoms with Crippen LogP contribution in [0.15, 0.2) is 47.9 Å². The summed E-state index contributed by atoms with van der Waals surface area (Å²) in [4.78, 5) is 26.0. The second-order valence-corrected chi connectivity index (χ2v) is 8.68. The third-order valence-corrected chi connectivity index (χ3v) is 6.07. The highest BCUT2D eigenvalue weighted by molar-refractivity contribution is 7.99. The van der Waals surface area contributed by atoms with Crippen LogP contribution in [0.3, 0.4) is 0 Å². The Hall–Kier alpha value is -3.17. The van der Waals surface area contributed by atoms with E-state index in [4.69, 9.17) is 11.6 Å². The first kappa shape index (κ1) is 22.0. The smallest absolute Gasteiger partial charge is 0.252 e. The van der Waals surface area contributed by atoms with E-state index in [1.54, 1.807) is 16.9 Å². The molecule has 0 spiro atoms. The van der Waals surface area contributed by atoms with Crippen molar-refractivity contribution in [2.75, 3.05) is 11.1 Å². The van der Waals surface area contributed by atoms with E-state index in [2.05, 4.69) is 25.4 Å². The molecule has 3 heterocycles. The van der Waals surface area contributed by atoms with Crippen molar-refractivity contribution in [3.63, 3.8) is 0 Å². The van der Waals surface area contributed by atoms with Gasteiger partial charge < -0.3 is 5.32 Å². The van der Waals surface area contributed by atoms with Gasteiger partial charge in [0.15, 0.2) is 5.16 Å². The molecule has 0 saturated heterocycles. The van der Waals surface area contributed by atoms with Gasteiger partial charge in [-0.15, -0.1) is 0 Å². The Bertz CT molecular complexity index is 1280. The van der Waals surface area contributed by atoms with Crippen LogP contribution >= 0.6 is 23.4 Å². The number of benzene rings is 1. The fraction of sp³-hybridized carbons (Fsp3) is 0.227. The van der Waals surface area contributed by atoms with E-state index in [-0.39, 0.29) is 11.7 Å². The van der Waals surface area contributed by atoms with Crippen LogP contribution in [-0.4, -0.2) is 41.0 Å². The van der Waals surface area contributed by atoms with Crippen LogP contribution in [0.25, 0.3) is 11.6 Å². The van der Waals surface area contributed by atoms with Crippen molar-refractivity contribution in [3.8, 4) is 11.6 Å². The van der Waals surface area contributed by atoms with Gasteiger partial charge in [-0.2, -0.15) is 9.78 Å². The molecule has 0 aliphatic rings. The third kappa shape index (κ3) is 4.68. The number of thioether (sulfide) groups is 1. The minimum absolute atomic E-state index is 0.175. The summed E-state index contributed by atoms with van der Waals surface area (Å²) in [6.07, 6.45) is 3.56. The first-order valence-corrected chi connectivity index (χ1v) is 11.3. The van der Waals surface area contributed by atoms with Crippen LogP contribution in [0, 0.1) is 27.7 Å². The van der Waals surface area contributed by atoms with E-state index >= 15 is 0 Å². The van der Waals surface area contributed by atoms with Crippen molar-refractivity contribution in [2.24, 2.45) is 0 Å². The molecule has 4 rings (SSSR count). The monoisotopic (exact) mass is 467 g/mol. The number of amides is 1. The lowest BCUT2D eigenvalue weighted by molar-refractivity contribution is -0.113. The Morgan fingerprint density at radius 2 is 1.84 bits per heavy atom. The number of aryl methyl sites for hydroxylation is 3. The number of nitrogens with one attached hydrogen (secondary N) is 1. The average Bonchev–Trinajstić information content (AvgIpc) is 3.34. The van der Waals surface area contributed by atoms with Crippen LogP contribution in [0.4, 0.5) is 5.82 Å². The molecule has 164 valence electrons. The quantitative estimate of drug-likeness (QED) is 0.421. The van der Waals surface area contributed by atoms with Gasteiger partial charge >= 0.3 is 0 Å². The molecular formula is C22H22ClN7OS. The number of carbonyl (C=O) groups is 1. The maximum absolute atomic E-state index is 12.7. The Morgan fingerprint density at radius 1 is 1.09 bits per heavy atom. The zero-order valence-corrected chi connectivity index (χ0v) is 19.7. The minimum Gasteiger partial charge on any atom is -0.310 e. The van der Waals surface area contributed by atoms with Crippen molar-refractivity contribution < 1.29 is 4.79 Å². The molecule has 1 N–H and O–H groups in total. The van der Waals surface area contributed by atoms with E-state index in [1.165, 1.54) is 11.8 Å². The van der Waals surface area contributed by atoms with Crippen molar-refractivity contribution >= 4 is 35.1 Å². The van der Waals surface area contributed by atoms with E-state index in [9.17, 15) is 4.79 Å². The number of aromatic nitrogens is 6. The van der Waals surface area contributed by atoms with Crippen molar-refractivity contribution in [3.05, 3.63) is 70.4 Å². The number of halogens is 1. The molecule has 0 atom stereocenters. The first-order chi connectivity index (χ1) is 15.3. The highest BCUT2D eigenvalue weighted by atomic mass is 35.5. The van der Waals surface area contributed by atoms with Crippen molar-refractivity contribution in [2.45, 2.75) is 32.9 Å². The van der Waals surface area contributed by atoms with Crippen LogP contribution in [0.5, 0.6) is 0 Å². The number of hydrogen-bond acceptors (Lipinski definition) is 6. The van der Waals surface area contributed by atoms with E-state index < -0.39 is 0 Å². The molecule has 1 aromatic carbocycles. The normalized spacial score (nSPS) is 11.0. The summed E-state index contributed by atoms with van der Waals surface area (Å²) in [5, 5.41) is 8.74. The third-order valence-electron chi connectivity index (χ3n) is 4.70. The number of hydrogen-bond donors (Lipinski definition) is 1. The van der Waals surface area contributed by atoms with Crippen LogP contribution in [0.1, 0.15) is 22.6 Å². The average molecular weight is 468 g/mol. The van der Waals surface area contributed by atoms with Gasteiger partial charge in [0, 0.05) is 34.9 Å². The van der Waals surface area contributed by atoms with Gasteiger partial charge in [-0.1, -0.05) is 29.4 Å². The summed E-state index contributed by atoms with van der Waals surface area (Å²) in [7, 11) is 0. The van der Waals surface area contributed by atoms with Gasteiger partial charge in [0.2, 0.25) is 5.91 Å². The lowest BCUT2D eigenvalue weighted by Crippen LogP contribution is -2.18. The van der Waals surface area contributed by atoms with E-state index in [0.717, 1.165) is 28.3 Å². The standard InChI is InChI=1S/C22H22ClN7OS/c1-13-10-14(2)26-21(25-13)30-19(11-15(3)28-30)27-20(31)12-32-22-24-8-9-29(22)18-7-5-6-17(23)16(18)4/h5-11H,12H2,1-4H3,(H,27,31). The summed E-state index contributed by atoms with van der Waals surface area (Å²) in [6, 6.07) is 9.39. The highest BCUT2D eigenvalue weighted by Crippen LogP contribution is 2.26. The Kier molecular flexibility index (Phi) is 6.29. The Labute approximate surface area is 195 Å². The number of rotatable bonds is 6. The van der Waals surface area contributed by atoms with E-state index in [1.807, 2.05) is 62.7 Å². The fourth-order valence-electron chi connectivity index (χ4n) is 3.29. The second-order valence-electron chi connectivity index (χ2n) is 7.33. The second kappa shape index (κ2) is 9.13. The lowest BCUT2D eigenvalue weighted by atomic mass is 10.2. The molecular weight excluding hydrogens is 446 g/mol. The van der Waals surface area contributed by atoms with Gasteiger partial charge in [-0.25, -0.2) is 15.0 Å². The zero-order chi connectivity index (χ0) is 22.8. The molecule has 0 radical (unpaired) electrons. The van der Waals surface area contributed by atoms with Crippen molar-refractivity contribution in [1.82, 2.24) is 29.3 Å². The summed E-state index contributed by atoms with van der Waals surface area (Å²) < 4.78 is 3.48. The maximum atomic E-state index is 12.7. The summed E-state index contributed by atoms with van der Waals surface area (Å²) in [6.45, 7) is 7.60. The summed E-state index contributed by atoms with van der Waals surface area (Å²) in [5.74, 6) is 0.935. The number of anilines is 1. The predicted octanol–water partition coefficient (Wildman–Crippen LogP) is 4.47. The largest absolute Gasteiger partial charge is 0.310 e. The molecule has 1 amide bonds. The van der Waals surface area contributed by atoms with Crippen LogP contribution in [-0.2, 0) is 4.79 Å². The topological polar surface area (TPSA) is 90.5 Å². The molecule has 0 aliphatic carbocycles. The number of imidazole rings is 1. The van der Waals surface area contributed by atoms with E-state index in [0.29, 0.717) is 21.9 Å². The molecule has 4 aromatic rings. The zero-order valence-electron chi connectivity index (χ0n) is 18.1. The summed E-state index contributed by atoms with van der Waals surface area (Å²) in [5.41, 5.74) is 4.29. The molecule has 10 heteroatoms. The maximum Gasteiger partial charge on any atom is 0.252 e. The molecule has 0 aliphatic heterocycles. The van der Waals surface area contributed by atoms with Gasteiger partial charge in [-0.3, -0.25) is 9.36 Å². The predicted molar refractivity (Wildman–Crippen MR) is 126 cm³/mol. The SMILES string of the molecule is Cc1cc(C)nc(-n2nc(C)cc2NC(=O)CSc2nccn2-c2cccc(Cl)c2C)n1. The molecule has 0 saturated carbocycles. The highest BCUT2D eigenvalue weighted by Gasteiger charge is 2.16. The first-order valence-electron chi connectivity index (χ1n) is 9.92. The van der Waals surface area contributed by atoms with Crippen LogP contribution in [0.2, 0.25) is 5.02 Å². The molecule has 0 fully saturated rings. The van der Waals surface area contributed by atoms with Crippen LogP contribution < -0.4 is 5.32 Å². The Balaban J connectivity index is 1.50. The fourth-order valence-corrected chi connectivity index (χ4v) is 4.22. The molecule has 32 heavy (non-hydrogen) atoms. The van der Waals surface area contributed by atoms with Crippen molar-refractivity contribution in [1.29, 1.82) is 0 Å².